The Morgan fingerprint density at radius 1 is 1.00 bits per heavy atom. The van der Waals surface area contributed by atoms with Gasteiger partial charge in [-0.3, -0.25) is 4.79 Å². The number of hydrogen-bond acceptors (Lipinski definition) is 5. The number of rotatable bonds is 1. The molecule has 0 saturated heterocycles. The number of carbonyl (C=O) groups is 1. The molecule has 0 amide bonds. The lowest BCUT2D eigenvalue weighted by Crippen LogP contribution is -2.40. The molecule has 0 radical (unpaired) electrons. The molecule has 0 aliphatic carbocycles. The van der Waals surface area contributed by atoms with Crippen molar-refractivity contribution in [1.82, 2.24) is 0 Å². The Bertz CT molecular complexity index is 807. The Hall–Kier alpha value is -2.56. The van der Waals surface area contributed by atoms with E-state index < -0.39 is 17.2 Å². The van der Waals surface area contributed by atoms with Gasteiger partial charge in [0.05, 0.1) is 7.11 Å². The average molecular weight is 286 g/mol. The van der Waals surface area contributed by atoms with Crippen LogP contribution in [0.2, 0.25) is 0 Å². The third-order valence-corrected chi connectivity index (χ3v) is 3.30. The molecular formula is C16H14O5. The van der Waals surface area contributed by atoms with Crippen LogP contribution in [0.4, 0.5) is 0 Å². The van der Waals surface area contributed by atoms with E-state index in [-0.39, 0.29) is 11.3 Å². The summed E-state index contributed by atoms with van der Waals surface area (Å²) in [7, 11) is 1.53. The summed E-state index contributed by atoms with van der Waals surface area (Å²) in [5.41, 5.74) is -0.512. The van der Waals surface area contributed by atoms with Crippen molar-refractivity contribution in [3.63, 3.8) is 0 Å². The van der Waals surface area contributed by atoms with E-state index in [0.29, 0.717) is 16.5 Å². The number of cyclic esters (lactones) is 1. The summed E-state index contributed by atoms with van der Waals surface area (Å²) < 4.78 is 16.0. The van der Waals surface area contributed by atoms with Crippen LogP contribution in [-0.4, -0.2) is 18.9 Å². The van der Waals surface area contributed by atoms with E-state index in [9.17, 15) is 9.59 Å². The highest BCUT2D eigenvalue weighted by Crippen LogP contribution is 2.31. The monoisotopic (exact) mass is 286 g/mol. The average Bonchev–Trinajstić information content (AvgIpc) is 2.55. The summed E-state index contributed by atoms with van der Waals surface area (Å²) in [5.74, 6) is -0.989. The zero-order valence-electron chi connectivity index (χ0n) is 11.9. The summed E-state index contributed by atoms with van der Waals surface area (Å²) in [6, 6.07) is 8.41. The molecule has 1 aliphatic heterocycles. The van der Waals surface area contributed by atoms with Crippen LogP contribution in [0, 0.1) is 0 Å². The lowest BCUT2D eigenvalue weighted by molar-refractivity contribution is -0.127. The molecule has 0 aromatic heterocycles. The second-order valence-corrected chi connectivity index (χ2v) is 5.21. The predicted octanol–water partition coefficient (Wildman–Crippen LogP) is 2.49. The van der Waals surface area contributed by atoms with Crippen molar-refractivity contribution in [3.05, 3.63) is 46.1 Å². The van der Waals surface area contributed by atoms with Gasteiger partial charge in [-0.15, -0.1) is 0 Å². The molecule has 0 unspecified atom stereocenters. The van der Waals surface area contributed by atoms with Gasteiger partial charge in [0.15, 0.2) is 0 Å². The minimum absolute atomic E-state index is 0.0856. The number of fused-ring (bicyclic) bond motifs is 2. The van der Waals surface area contributed by atoms with Crippen molar-refractivity contribution in [3.8, 4) is 11.5 Å². The highest BCUT2D eigenvalue weighted by molar-refractivity contribution is 5.98. The topological polar surface area (TPSA) is 61.8 Å². The van der Waals surface area contributed by atoms with Crippen LogP contribution in [-0.2, 0) is 4.74 Å². The molecule has 0 saturated carbocycles. The third-order valence-electron chi connectivity index (χ3n) is 3.30. The summed E-state index contributed by atoms with van der Waals surface area (Å²) in [4.78, 5) is 24.8. The summed E-state index contributed by atoms with van der Waals surface area (Å²) in [6.45, 7) is 3.23. The highest BCUT2D eigenvalue weighted by Gasteiger charge is 2.35. The first-order chi connectivity index (χ1) is 9.93. The molecule has 0 N–H and O–H groups in total. The van der Waals surface area contributed by atoms with Crippen LogP contribution >= 0.6 is 0 Å². The van der Waals surface area contributed by atoms with E-state index in [2.05, 4.69) is 0 Å². The van der Waals surface area contributed by atoms with Gasteiger partial charge in [-0.05, 0) is 18.2 Å². The molecular weight excluding hydrogens is 272 g/mol. The molecule has 0 bridgehead atoms. The summed E-state index contributed by atoms with van der Waals surface area (Å²) >= 11 is 0. The van der Waals surface area contributed by atoms with Gasteiger partial charge >= 0.3 is 5.97 Å². The molecule has 5 heteroatoms. The number of methoxy groups -OCH3 is 1. The van der Waals surface area contributed by atoms with Crippen molar-refractivity contribution in [2.24, 2.45) is 0 Å². The Morgan fingerprint density at radius 3 is 2.48 bits per heavy atom. The Kier molecular flexibility index (Phi) is 2.86. The summed E-state index contributed by atoms with van der Waals surface area (Å²) in [5, 5.41) is 1.00. The Morgan fingerprint density at radius 2 is 1.76 bits per heavy atom. The van der Waals surface area contributed by atoms with Gasteiger partial charge in [-0.25, -0.2) is 4.79 Å². The van der Waals surface area contributed by atoms with Crippen LogP contribution in [0.15, 0.2) is 35.1 Å². The first-order valence-electron chi connectivity index (χ1n) is 6.49. The van der Waals surface area contributed by atoms with Gasteiger partial charge in [0.2, 0.25) is 11.2 Å². The number of benzene rings is 1. The normalized spacial score (nSPS) is 15.9. The fourth-order valence-electron chi connectivity index (χ4n) is 2.42. The lowest BCUT2D eigenvalue weighted by atomic mass is 10.1. The minimum Gasteiger partial charge on any atom is -0.496 e. The largest absolute Gasteiger partial charge is 0.496 e. The van der Waals surface area contributed by atoms with E-state index in [1.807, 2.05) is 0 Å². The molecule has 21 heavy (non-hydrogen) atoms. The second-order valence-electron chi connectivity index (χ2n) is 5.21. The smallest absolute Gasteiger partial charge is 0.349 e. The van der Waals surface area contributed by atoms with Crippen molar-refractivity contribution in [2.75, 3.05) is 7.11 Å². The lowest BCUT2D eigenvalue weighted by Gasteiger charge is -2.30. The van der Waals surface area contributed by atoms with Crippen LogP contribution in [0.1, 0.15) is 24.2 Å². The molecule has 0 fully saturated rings. The van der Waals surface area contributed by atoms with Gasteiger partial charge < -0.3 is 14.2 Å². The molecule has 0 atom stereocenters. The van der Waals surface area contributed by atoms with Gasteiger partial charge in [0, 0.05) is 24.6 Å². The maximum atomic E-state index is 12.6. The number of esters is 1. The van der Waals surface area contributed by atoms with E-state index in [0.717, 1.165) is 0 Å². The van der Waals surface area contributed by atoms with E-state index in [1.54, 1.807) is 44.2 Å². The Labute approximate surface area is 121 Å². The van der Waals surface area contributed by atoms with Gasteiger partial charge in [-0.2, -0.15) is 0 Å². The van der Waals surface area contributed by atoms with Gasteiger partial charge in [-0.1, -0.05) is 12.1 Å². The zero-order valence-corrected chi connectivity index (χ0v) is 11.9. The number of ether oxygens (including phenoxy) is 3. The van der Waals surface area contributed by atoms with Crippen LogP contribution < -0.4 is 14.9 Å². The molecule has 1 aliphatic rings. The molecule has 1 heterocycles. The fraction of sp³-hybridized carbons (Fsp3) is 0.250. The minimum atomic E-state index is -1.10. The third kappa shape index (κ3) is 2.11. The highest BCUT2D eigenvalue weighted by atomic mass is 16.7. The Balaban J connectivity index is 2.42. The van der Waals surface area contributed by atoms with Crippen molar-refractivity contribution >= 4 is 16.7 Å². The van der Waals surface area contributed by atoms with E-state index in [1.165, 1.54) is 7.11 Å². The molecule has 108 valence electrons. The first kappa shape index (κ1) is 13.4. The second kappa shape index (κ2) is 4.48. The van der Waals surface area contributed by atoms with Crippen molar-refractivity contribution in [1.29, 1.82) is 0 Å². The van der Waals surface area contributed by atoms with Crippen molar-refractivity contribution < 1.29 is 19.0 Å². The number of carbonyl (C=O) groups excluding carboxylic acids is 1. The van der Waals surface area contributed by atoms with Gasteiger partial charge in [0.1, 0.15) is 17.1 Å². The molecule has 5 nitrogen and oxygen atoms in total. The summed E-state index contributed by atoms with van der Waals surface area (Å²) in [6.07, 6.45) is 0. The van der Waals surface area contributed by atoms with Crippen molar-refractivity contribution in [2.45, 2.75) is 19.6 Å². The molecule has 3 rings (SSSR count). The van der Waals surface area contributed by atoms with Crippen LogP contribution in [0.3, 0.4) is 0 Å². The SMILES string of the molecule is COc1cccc2c(=O)c3c(ccc12)OC(C)(C)OC3=O. The first-order valence-corrected chi connectivity index (χ1v) is 6.49. The molecule has 0 spiro atoms. The fourth-order valence-corrected chi connectivity index (χ4v) is 2.42. The number of hydrogen-bond donors (Lipinski definition) is 0. The quantitative estimate of drug-likeness (QED) is 0.754. The molecule has 2 aromatic rings. The molecule has 2 aromatic carbocycles. The van der Waals surface area contributed by atoms with Gasteiger partial charge in [0.25, 0.3) is 0 Å². The maximum Gasteiger partial charge on any atom is 0.349 e. The zero-order chi connectivity index (χ0) is 15.2. The standard InChI is InChI=1S/C16H14O5/c1-16(2)20-12-8-7-9-10(5-4-6-11(9)19-3)14(17)13(12)15(18)21-16/h4-8H,1-3H3. The van der Waals surface area contributed by atoms with E-state index >= 15 is 0 Å². The predicted molar refractivity (Wildman–Crippen MR) is 76.9 cm³/mol. The maximum absolute atomic E-state index is 12.6. The van der Waals surface area contributed by atoms with E-state index in [4.69, 9.17) is 14.2 Å². The van der Waals surface area contributed by atoms with Crippen LogP contribution in [0.5, 0.6) is 11.5 Å². The van der Waals surface area contributed by atoms with Crippen LogP contribution in [0.25, 0.3) is 10.8 Å².